The molecule has 6 heteroatoms. The fraction of sp³-hybridized carbons (Fsp3) is 0.143. The van der Waals surface area contributed by atoms with Gasteiger partial charge in [0, 0.05) is 9.86 Å². The molecule has 0 amide bonds. The van der Waals surface area contributed by atoms with Crippen LogP contribution in [0.25, 0.3) is 10.2 Å². The predicted octanol–water partition coefficient (Wildman–Crippen LogP) is 4.99. The molecule has 0 saturated heterocycles. The highest BCUT2D eigenvalue weighted by molar-refractivity contribution is 9.10. The van der Waals surface area contributed by atoms with E-state index >= 15 is 0 Å². The fourth-order valence-electron chi connectivity index (χ4n) is 1.80. The molecule has 0 saturated carbocycles. The van der Waals surface area contributed by atoms with Crippen LogP contribution < -0.4 is 4.74 Å². The van der Waals surface area contributed by atoms with Gasteiger partial charge in [0.25, 0.3) is 0 Å². The molecule has 2 heterocycles. The fourth-order valence-corrected chi connectivity index (χ4v) is 3.23. The molecule has 2 aromatic heterocycles. The van der Waals surface area contributed by atoms with E-state index in [-0.39, 0.29) is 0 Å². The van der Waals surface area contributed by atoms with Crippen molar-refractivity contribution in [2.75, 3.05) is 0 Å². The number of hydrogen-bond acceptors (Lipinski definition) is 4. The summed E-state index contributed by atoms with van der Waals surface area (Å²) in [6.45, 7) is 2.29. The van der Waals surface area contributed by atoms with Gasteiger partial charge in [-0.25, -0.2) is 9.97 Å². The number of nitrogens with zero attached hydrogens (tertiary/aromatic N) is 2. The number of aromatic nitrogens is 2. The average Bonchev–Trinajstić information content (AvgIpc) is 2.89. The van der Waals surface area contributed by atoms with Crippen molar-refractivity contribution < 1.29 is 4.74 Å². The predicted molar refractivity (Wildman–Crippen MR) is 85.6 cm³/mol. The van der Waals surface area contributed by atoms with Gasteiger partial charge in [-0.2, -0.15) is 0 Å². The maximum Gasteiger partial charge on any atom is 0.169 e. The highest BCUT2D eigenvalue weighted by Crippen LogP contribution is 2.26. The molecule has 0 aliphatic rings. The number of benzene rings is 1. The molecule has 0 unspecified atom stereocenters. The molecule has 0 N–H and O–H groups in total. The third kappa shape index (κ3) is 2.80. The van der Waals surface area contributed by atoms with Crippen LogP contribution in [-0.2, 0) is 6.61 Å². The Kier molecular flexibility index (Phi) is 3.92. The lowest BCUT2D eigenvalue weighted by Crippen LogP contribution is -2.02. The summed E-state index contributed by atoms with van der Waals surface area (Å²) in [7, 11) is 0. The Morgan fingerprint density at radius 2 is 2.15 bits per heavy atom. The molecule has 3 nitrogen and oxygen atoms in total. The first kappa shape index (κ1) is 13.8. The van der Waals surface area contributed by atoms with Gasteiger partial charge in [0.1, 0.15) is 22.3 Å². The normalized spacial score (nSPS) is 10.9. The molecule has 0 atom stereocenters. The molecule has 20 heavy (non-hydrogen) atoms. The van der Waals surface area contributed by atoms with E-state index in [0.29, 0.717) is 17.6 Å². The summed E-state index contributed by atoms with van der Waals surface area (Å²) in [6, 6.07) is 7.83. The third-order valence-electron chi connectivity index (χ3n) is 2.83. The van der Waals surface area contributed by atoms with Crippen LogP contribution in [0, 0.1) is 6.92 Å². The van der Waals surface area contributed by atoms with Gasteiger partial charge in [-0.15, -0.1) is 11.3 Å². The number of halogens is 2. The molecule has 0 fully saturated rings. The van der Waals surface area contributed by atoms with Gasteiger partial charge in [0.15, 0.2) is 5.82 Å². The van der Waals surface area contributed by atoms with E-state index in [1.54, 1.807) is 11.3 Å². The highest BCUT2D eigenvalue weighted by Gasteiger charge is 2.08. The number of thiophene rings is 1. The molecule has 0 radical (unpaired) electrons. The lowest BCUT2D eigenvalue weighted by molar-refractivity contribution is 0.294. The van der Waals surface area contributed by atoms with Gasteiger partial charge in [0.2, 0.25) is 0 Å². The minimum absolute atomic E-state index is 0.296. The molecule has 0 aliphatic carbocycles. The van der Waals surface area contributed by atoms with Crippen LogP contribution in [0.2, 0.25) is 5.15 Å². The summed E-state index contributed by atoms with van der Waals surface area (Å²) in [5.74, 6) is 1.40. The second-order valence-corrected chi connectivity index (χ2v) is 6.44. The lowest BCUT2D eigenvalue weighted by Gasteiger charge is -2.09. The minimum atomic E-state index is 0.296. The summed E-state index contributed by atoms with van der Waals surface area (Å²) >= 11 is 11.1. The van der Waals surface area contributed by atoms with Crippen LogP contribution in [0.4, 0.5) is 0 Å². The summed E-state index contributed by atoms with van der Waals surface area (Å²) in [6.07, 6.45) is 0. The van der Waals surface area contributed by atoms with Crippen molar-refractivity contribution in [2.24, 2.45) is 0 Å². The van der Waals surface area contributed by atoms with Crippen LogP contribution in [0.3, 0.4) is 0 Å². The Morgan fingerprint density at radius 1 is 1.30 bits per heavy atom. The molecular weight excluding hydrogens is 360 g/mol. The van der Waals surface area contributed by atoms with E-state index in [1.807, 2.05) is 36.6 Å². The Bertz CT molecular complexity index is 775. The number of aryl methyl sites for hydroxylation is 1. The first-order valence-electron chi connectivity index (χ1n) is 5.92. The monoisotopic (exact) mass is 368 g/mol. The number of fused-ring (bicyclic) bond motifs is 1. The van der Waals surface area contributed by atoms with Crippen molar-refractivity contribution >= 4 is 49.1 Å². The zero-order valence-corrected chi connectivity index (χ0v) is 13.7. The SMILES string of the molecule is Cc1ccc(Br)cc1OCc1nc(Cl)c2ccsc2n1. The Labute approximate surface area is 133 Å². The van der Waals surface area contributed by atoms with E-state index in [4.69, 9.17) is 16.3 Å². The second-order valence-electron chi connectivity index (χ2n) is 4.27. The number of rotatable bonds is 3. The van der Waals surface area contributed by atoms with Crippen LogP contribution in [-0.4, -0.2) is 9.97 Å². The van der Waals surface area contributed by atoms with Crippen molar-refractivity contribution in [3.63, 3.8) is 0 Å². The summed E-state index contributed by atoms with van der Waals surface area (Å²) in [5, 5.41) is 3.31. The molecule has 1 aromatic carbocycles. The van der Waals surface area contributed by atoms with Crippen molar-refractivity contribution in [1.82, 2.24) is 9.97 Å². The van der Waals surface area contributed by atoms with Crippen molar-refractivity contribution in [3.8, 4) is 5.75 Å². The Balaban J connectivity index is 1.84. The first-order chi connectivity index (χ1) is 9.63. The van der Waals surface area contributed by atoms with Crippen molar-refractivity contribution in [3.05, 3.63) is 50.7 Å². The lowest BCUT2D eigenvalue weighted by atomic mass is 10.2. The van der Waals surface area contributed by atoms with E-state index in [2.05, 4.69) is 25.9 Å². The van der Waals surface area contributed by atoms with E-state index in [1.165, 1.54) is 0 Å². The van der Waals surface area contributed by atoms with Gasteiger partial charge in [-0.05, 0) is 36.1 Å². The molecule has 3 aromatic rings. The van der Waals surface area contributed by atoms with Gasteiger partial charge in [-0.3, -0.25) is 0 Å². The second kappa shape index (κ2) is 5.68. The topological polar surface area (TPSA) is 35.0 Å². The molecule has 102 valence electrons. The molecule has 0 aliphatic heterocycles. The van der Waals surface area contributed by atoms with E-state index in [9.17, 15) is 0 Å². The first-order valence-corrected chi connectivity index (χ1v) is 7.97. The van der Waals surface area contributed by atoms with Crippen LogP contribution in [0.5, 0.6) is 5.75 Å². The molecule has 0 bridgehead atoms. The van der Waals surface area contributed by atoms with Crippen LogP contribution in [0.1, 0.15) is 11.4 Å². The minimum Gasteiger partial charge on any atom is -0.485 e. The van der Waals surface area contributed by atoms with Crippen molar-refractivity contribution in [2.45, 2.75) is 13.5 Å². The Morgan fingerprint density at radius 3 is 3.00 bits per heavy atom. The molecule has 3 rings (SSSR count). The van der Waals surface area contributed by atoms with Crippen molar-refractivity contribution in [1.29, 1.82) is 0 Å². The largest absolute Gasteiger partial charge is 0.485 e. The number of ether oxygens (including phenoxy) is 1. The van der Waals surface area contributed by atoms with E-state index < -0.39 is 0 Å². The maximum absolute atomic E-state index is 6.13. The zero-order chi connectivity index (χ0) is 14.1. The molecule has 0 spiro atoms. The van der Waals surface area contributed by atoms with Crippen LogP contribution in [0.15, 0.2) is 34.1 Å². The third-order valence-corrected chi connectivity index (χ3v) is 4.42. The Hall–Kier alpha value is -1.17. The average molecular weight is 370 g/mol. The van der Waals surface area contributed by atoms with Gasteiger partial charge in [0.05, 0.1) is 0 Å². The maximum atomic E-state index is 6.13. The van der Waals surface area contributed by atoms with Gasteiger partial charge >= 0.3 is 0 Å². The highest BCUT2D eigenvalue weighted by atomic mass is 79.9. The zero-order valence-electron chi connectivity index (χ0n) is 10.6. The summed E-state index contributed by atoms with van der Waals surface area (Å²) < 4.78 is 6.75. The number of hydrogen-bond donors (Lipinski definition) is 0. The molecular formula is C14H10BrClN2OS. The quantitative estimate of drug-likeness (QED) is 0.610. The van der Waals surface area contributed by atoms with Crippen LogP contribution >= 0.6 is 38.9 Å². The standard InChI is InChI=1S/C14H10BrClN2OS/c1-8-2-3-9(15)6-11(8)19-7-12-17-13(16)10-4-5-20-14(10)18-12/h2-6H,7H2,1H3. The van der Waals surface area contributed by atoms with Gasteiger partial charge in [-0.1, -0.05) is 33.6 Å². The van der Waals surface area contributed by atoms with E-state index in [0.717, 1.165) is 26.0 Å². The smallest absolute Gasteiger partial charge is 0.169 e. The summed E-state index contributed by atoms with van der Waals surface area (Å²) in [5.41, 5.74) is 1.07. The van der Waals surface area contributed by atoms with Gasteiger partial charge < -0.3 is 4.74 Å². The summed E-state index contributed by atoms with van der Waals surface area (Å²) in [4.78, 5) is 9.60.